The molecule has 1 aliphatic carbocycles. The van der Waals surface area contributed by atoms with Gasteiger partial charge in [0.15, 0.2) is 0 Å². The summed E-state index contributed by atoms with van der Waals surface area (Å²) in [6.07, 6.45) is 4.61. The first kappa shape index (κ1) is 18.0. The van der Waals surface area contributed by atoms with E-state index in [0.717, 1.165) is 12.7 Å². The zero-order valence-corrected chi connectivity index (χ0v) is 15.2. The average Bonchev–Trinajstić information content (AvgIpc) is 2.94. The van der Waals surface area contributed by atoms with Crippen LogP contribution < -0.4 is 15.4 Å². The molecule has 3 rings (SSSR count). The second-order valence-electron chi connectivity index (χ2n) is 6.80. The van der Waals surface area contributed by atoms with Crippen molar-refractivity contribution in [3.05, 3.63) is 18.0 Å². The molecule has 1 aliphatic heterocycles. The van der Waals surface area contributed by atoms with E-state index < -0.39 is 16.1 Å². The number of carbonyl (C=O) groups excluding carboxylic acids is 1. The van der Waals surface area contributed by atoms with Gasteiger partial charge in [0.1, 0.15) is 0 Å². The average molecular weight is 369 g/mol. The molecule has 3 N–H and O–H groups in total. The van der Waals surface area contributed by atoms with Crippen molar-refractivity contribution in [1.82, 2.24) is 20.0 Å². The van der Waals surface area contributed by atoms with Crippen LogP contribution in [0.1, 0.15) is 30.6 Å². The van der Waals surface area contributed by atoms with Crippen molar-refractivity contribution in [3.8, 4) is 0 Å². The van der Waals surface area contributed by atoms with E-state index in [1.807, 2.05) is 13.8 Å². The summed E-state index contributed by atoms with van der Waals surface area (Å²) in [6, 6.07) is -0.561. The third-order valence-corrected chi connectivity index (χ3v) is 5.07. The third kappa shape index (κ3) is 4.07. The van der Waals surface area contributed by atoms with Crippen LogP contribution in [0.4, 0.5) is 5.95 Å². The molecule has 0 bridgehead atoms. The van der Waals surface area contributed by atoms with E-state index in [4.69, 9.17) is 4.74 Å². The number of hydrogen-bond donors (Lipinski definition) is 3. The monoisotopic (exact) mass is 369 g/mol. The summed E-state index contributed by atoms with van der Waals surface area (Å²) in [5.74, 6) is 0.244. The summed E-state index contributed by atoms with van der Waals surface area (Å²) in [4.78, 5) is 20.7. The van der Waals surface area contributed by atoms with Crippen molar-refractivity contribution in [1.29, 1.82) is 0 Å². The molecule has 4 atom stereocenters. The van der Waals surface area contributed by atoms with Crippen molar-refractivity contribution in [3.63, 3.8) is 0 Å². The van der Waals surface area contributed by atoms with E-state index >= 15 is 0 Å². The van der Waals surface area contributed by atoms with Gasteiger partial charge in [-0.2, -0.15) is 0 Å². The summed E-state index contributed by atoms with van der Waals surface area (Å²) in [6.45, 7) is 4.51. The Morgan fingerprint density at radius 1 is 1.28 bits per heavy atom. The Bertz CT molecular complexity index is 737. The molecule has 9 nitrogen and oxygen atoms in total. The van der Waals surface area contributed by atoms with Crippen LogP contribution in [-0.4, -0.2) is 61.4 Å². The van der Waals surface area contributed by atoms with Crippen LogP contribution >= 0.6 is 0 Å². The topological polar surface area (TPSA) is 122 Å². The van der Waals surface area contributed by atoms with E-state index in [-0.39, 0.29) is 30.0 Å². The Kier molecular flexibility index (Phi) is 4.94. The fourth-order valence-corrected chi connectivity index (χ4v) is 4.08. The van der Waals surface area contributed by atoms with E-state index in [0.29, 0.717) is 18.1 Å². The largest absolute Gasteiger partial charge is 0.376 e. The molecule has 2 aliphatic rings. The van der Waals surface area contributed by atoms with Crippen LogP contribution in [0.2, 0.25) is 0 Å². The minimum Gasteiger partial charge on any atom is -0.376 e. The van der Waals surface area contributed by atoms with Gasteiger partial charge in [0.05, 0.1) is 30.0 Å². The van der Waals surface area contributed by atoms with Gasteiger partial charge in [-0.1, -0.05) is 0 Å². The molecular formula is C15H23N5O4S. The van der Waals surface area contributed by atoms with Crippen LogP contribution in [0.3, 0.4) is 0 Å². The van der Waals surface area contributed by atoms with Gasteiger partial charge >= 0.3 is 0 Å². The minimum absolute atomic E-state index is 0.117. The second kappa shape index (κ2) is 6.85. The highest BCUT2D eigenvalue weighted by Crippen LogP contribution is 2.39. The predicted molar refractivity (Wildman–Crippen MR) is 91.7 cm³/mol. The van der Waals surface area contributed by atoms with Gasteiger partial charge in [-0.25, -0.2) is 23.1 Å². The van der Waals surface area contributed by atoms with Gasteiger partial charge in [-0.3, -0.25) is 4.79 Å². The number of anilines is 1. The molecule has 1 amide bonds. The Morgan fingerprint density at radius 3 is 2.56 bits per heavy atom. The van der Waals surface area contributed by atoms with Gasteiger partial charge in [-0.15, -0.1) is 0 Å². The van der Waals surface area contributed by atoms with Crippen molar-refractivity contribution in [2.75, 3.05) is 18.2 Å². The Hall–Kier alpha value is -1.78. The van der Waals surface area contributed by atoms with Crippen molar-refractivity contribution < 1.29 is 17.9 Å². The molecule has 0 radical (unpaired) electrons. The fraction of sp³-hybridized carbons (Fsp3) is 0.667. The van der Waals surface area contributed by atoms with Gasteiger partial charge in [0, 0.05) is 31.0 Å². The zero-order chi connectivity index (χ0) is 18.2. The third-order valence-electron chi connectivity index (χ3n) is 4.37. The highest BCUT2D eigenvalue weighted by Gasteiger charge is 2.55. The number of aromatic nitrogens is 2. The Labute approximate surface area is 147 Å². The first-order chi connectivity index (χ1) is 11.7. The van der Waals surface area contributed by atoms with Gasteiger partial charge in [0.25, 0.3) is 5.91 Å². The minimum atomic E-state index is -3.39. The number of carbonyl (C=O) groups is 1. The maximum atomic E-state index is 12.5. The molecule has 138 valence electrons. The summed E-state index contributed by atoms with van der Waals surface area (Å²) >= 11 is 0. The van der Waals surface area contributed by atoms with Crippen molar-refractivity contribution >= 4 is 21.9 Å². The fourth-order valence-electron chi connectivity index (χ4n) is 3.30. The highest BCUT2D eigenvalue weighted by molar-refractivity contribution is 7.88. The van der Waals surface area contributed by atoms with Crippen LogP contribution in [-0.2, 0) is 14.8 Å². The lowest BCUT2D eigenvalue weighted by Gasteiger charge is -2.47. The molecule has 25 heavy (non-hydrogen) atoms. The lowest BCUT2D eigenvalue weighted by molar-refractivity contribution is -0.0194. The molecule has 0 spiro atoms. The molecular weight excluding hydrogens is 346 g/mol. The van der Waals surface area contributed by atoms with E-state index in [1.54, 1.807) is 0 Å². The first-order valence-corrected chi connectivity index (χ1v) is 10.1. The number of nitrogens with one attached hydrogen (secondary N) is 3. The van der Waals surface area contributed by atoms with E-state index in [1.165, 1.54) is 12.4 Å². The van der Waals surface area contributed by atoms with Crippen LogP contribution in [0.25, 0.3) is 0 Å². The standard InChI is InChI=1S/C15H23N5O4S/c1-8(2)18-15-16-6-9(7-17-15)14(21)19-11-10-4-5-24-13(10)12(11)20-25(3,22)23/h6-8,10-13,20H,4-5H2,1-3H3,(H,19,21)(H,16,17,18)/t10-,11+,12-,13-/m1/s1. The number of hydrogen-bond acceptors (Lipinski definition) is 7. The lowest BCUT2D eigenvalue weighted by Crippen LogP contribution is -2.70. The summed E-state index contributed by atoms with van der Waals surface area (Å²) < 4.78 is 31.2. The normalized spacial score (nSPS) is 28.3. The van der Waals surface area contributed by atoms with E-state index in [9.17, 15) is 13.2 Å². The van der Waals surface area contributed by atoms with Crippen LogP contribution in [0.15, 0.2) is 12.4 Å². The number of ether oxygens (including phenoxy) is 1. The van der Waals surface area contributed by atoms with Crippen molar-refractivity contribution in [2.24, 2.45) is 5.92 Å². The van der Waals surface area contributed by atoms with Crippen LogP contribution in [0, 0.1) is 5.92 Å². The molecule has 1 aromatic rings. The molecule has 1 saturated heterocycles. The molecule has 1 saturated carbocycles. The van der Waals surface area contributed by atoms with Crippen LogP contribution in [0.5, 0.6) is 0 Å². The number of sulfonamides is 1. The maximum Gasteiger partial charge on any atom is 0.254 e. The summed E-state index contributed by atoms with van der Waals surface area (Å²) in [7, 11) is -3.39. The van der Waals surface area contributed by atoms with Gasteiger partial charge in [0.2, 0.25) is 16.0 Å². The number of nitrogens with zero attached hydrogens (tertiary/aromatic N) is 2. The SMILES string of the molecule is CC(C)Nc1ncc(C(=O)N[C@H]2[C@H]3CCO[C@H]3[C@@H]2NS(C)(=O)=O)cn1. The summed E-state index contributed by atoms with van der Waals surface area (Å²) in [5, 5.41) is 5.94. The van der Waals surface area contributed by atoms with E-state index in [2.05, 4.69) is 25.3 Å². The Morgan fingerprint density at radius 2 is 1.96 bits per heavy atom. The maximum absolute atomic E-state index is 12.5. The highest BCUT2D eigenvalue weighted by atomic mass is 32.2. The number of fused-ring (bicyclic) bond motifs is 1. The van der Waals surface area contributed by atoms with Gasteiger partial charge in [-0.05, 0) is 20.3 Å². The second-order valence-corrected chi connectivity index (χ2v) is 8.58. The summed E-state index contributed by atoms with van der Waals surface area (Å²) in [5.41, 5.74) is 0.328. The zero-order valence-electron chi connectivity index (χ0n) is 14.4. The lowest BCUT2D eigenvalue weighted by atomic mass is 9.72. The molecule has 0 aromatic carbocycles. The molecule has 2 fully saturated rings. The van der Waals surface area contributed by atoms with Gasteiger partial charge < -0.3 is 15.4 Å². The predicted octanol–water partition coefficient (Wildman–Crippen LogP) is -0.268. The number of amides is 1. The molecule has 2 heterocycles. The quantitative estimate of drug-likeness (QED) is 0.631. The molecule has 10 heteroatoms. The van der Waals surface area contributed by atoms with Crippen molar-refractivity contribution in [2.45, 2.75) is 44.5 Å². The molecule has 1 aromatic heterocycles. The number of rotatable bonds is 6. The smallest absolute Gasteiger partial charge is 0.254 e. The molecule has 0 unspecified atom stereocenters. The Balaban J connectivity index is 1.66. The first-order valence-electron chi connectivity index (χ1n) is 8.23.